The highest BCUT2D eigenvalue weighted by atomic mass is 16.5. The average Bonchev–Trinajstić information content (AvgIpc) is 2.56. The van der Waals surface area contributed by atoms with Crippen LogP contribution in [0.2, 0.25) is 0 Å². The Balaban J connectivity index is 1.69. The molecule has 120 valence electrons. The number of amidine groups is 1. The number of nitrogens with one attached hydrogen (secondary N) is 1. The Hall–Kier alpha value is -2.29. The first-order valence-electron chi connectivity index (χ1n) is 8.19. The average molecular weight is 308 g/mol. The second-order valence-electron chi connectivity index (χ2n) is 6.91. The van der Waals surface area contributed by atoms with E-state index in [0.29, 0.717) is 0 Å². The van der Waals surface area contributed by atoms with Gasteiger partial charge < -0.3 is 10.1 Å². The van der Waals surface area contributed by atoms with E-state index < -0.39 is 0 Å². The van der Waals surface area contributed by atoms with Gasteiger partial charge in [0.1, 0.15) is 17.3 Å². The lowest BCUT2D eigenvalue weighted by Crippen LogP contribution is -2.30. The molecule has 2 aromatic carbocycles. The minimum absolute atomic E-state index is 0.161. The molecule has 1 heterocycles. The molecule has 1 N–H and O–H groups in total. The Bertz CT molecular complexity index is 679. The van der Waals surface area contributed by atoms with E-state index in [-0.39, 0.29) is 5.41 Å². The van der Waals surface area contributed by atoms with Crippen LogP contribution in [0.3, 0.4) is 0 Å². The van der Waals surface area contributed by atoms with E-state index in [4.69, 9.17) is 4.74 Å². The standard InChI is InChI=1S/C20H24N2O/c1-20(2,3)16-7-11-18(12-8-16)23-17-9-5-15(6-10-17)19-21-13-4-14-22-19/h5-12H,4,13-14H2,1-3H3,(H,21,22). The summed E-state index contributed by atoms with van der Waals surface area (Å²) in [4.78, 5) is 4.51. The third-order valence-electron chi connectivity index (χ3n) is 3.98. The quantitative estimate of drug-likeness (QED) is 0.904. The molecule has 0 radical (unpaired) electrons. The molecule has 1 aliphatic heterocycles. The normalized spacial score (nSPS) is 14.8. The molecular formula is C20H24N2O. The van der Waals surface area contributed by atoms with E-state index in [2.05, 4.69) is 55.3 Å². The van der Waals surface area contributed by atoms with Crippen LogP contribution in [0.1, 0.15) is 38.3 Å². The Morgan fingerprint density at radius 3 is 2.04 bits per heavy atom. The number of benzene rings is 2. The Kier molecular flexibility index (Phi) is 4.37. The minimum atomic E-state index is 0.161. The number of hydrogen-bond donors (Lipinski definition) is 1. The van der Waals surface area contributed by atoms with Crippen LogP contribution in [0.4, 0.5) is 0 Å². The van der Waals surface area contributed by atoms with Gasteiger partial charge in [0.2, 0.25) is 0 Å². The van der Waals surface area contributed by atoms with E-state index in [1.54, 1.807) is 0 Å². The van der Waals surface area contributed by atoms with Gasteiger partial charge in [-0.1, -0.05) is 32.9 Å². The summed E-state index contributed by atoms with van der Waals surface area (Å²) in [6, 6.07) is 16.4. The predicted molar refractivity (Wildman–Crippen MR) is 95.7 cm³/mol. The van der Waals surface area contributed by atoms with E-state index in [9.17, 15) is 0 Å². The van der Waals surface area contributed by atoms with Crippen molar-refractivity contribution in [1.82, 2.24) is 5.32 Å². The van der Waals surface area contributed by atoms with Crippen LogP contribution in [0.5, 0.6) is 11.5 Å². The Labute approximate surface area is 138 Å². The molecule has 0 spiro atoms. The monoisotopic (exact) mass is 308 g/mol. The Morgan fingerprint density at radius 1 is 0.913 bits per heavy atom. The lowest BCUT2D eigenvalue weighted by Gasteiger charge is -2.19. The van der Waals surface area contributed by atoms with Gasteiger partial charge in [0, 0.05) is 18.7 Å². The molecule has 3 nitrogen and oxygen atoms in total. The highest BCUT2D eigenvalue weighted by molar-refractivity contribution is 5.99. The van der Waals surface area contributed by atoms with Crippen LogP contribution in [-0.2, 0) is 5.41 Å². The summed E-state index contributed by atoms with van der Waals surface area (Å²) in [5.41, 5.74) is 2.58. The summed E-state index contributed by atoms with van der Waals surface area (Å²) < 4.78 is 5.93. The summed E-state index contributed by atoms with van der Waals surface area (Å²) in [5.74, 6) is 2.69. The highest BCUT2D eigenvalue weighted by Gasteiger charge is 2.13. The molecule has 0 atom stereocenters. The van der Waals surface area contributed by atoms with E-state index in [1.807, 2.05) is 24.3 Å². The maximum Gasteiger partial charge on any atom is 0.128 e. The van der Waals surface area contributed by atoms with Crippen LogP contribution in [0.25, 0.3) is 0 Å². The molecule has 0 aromatic heterocycles. The fourth-order valence-electron chi connectivity index (χ4n) is 2.57. The summed E-state index contributed by atoms with van der Waals surface area (Å²) in [5, 5.41) is 3.33. The van der Waals surface area contributed by atoms with Crippen molar-refractivity contribution in [3.63, 3.8) is 0 Å². The van der Waals surface area contributed by atoms with Crippen molar-refractivity contribution in [2.45, 2.75) is 32.6 Å². The molecular weight excluding hydrogens is 284 g/mol. The fourth-order valence-corrected chi connectivity index (χ4v) is 2.57. The van der Waals surface area contributed by atoms with E-state index in [1.165, 1.54) is 5.56 Å². The van der Waals surface area contributed by atoms with Crippen LogP contribution < -0.4 is 10.1 Å². The Morgan fingerprint density at radius 2 is 1.52 bits per heavy atom. The molecule has 23 heavy (non-hydrogen) atoms. The molecule has 0 fully saturated rings. The van der Waals surface area contributed by atoms with Crippen molar-refractivity contribution in [3.8, 4) is 11.5 Å². The van der Waals surface area contributed by atoms with E-state index >= 15 is 0 Å². The van der Waals surface area contributed by atoms with Gasteiger partial charge in [-0.15, -0.1) is 0 Å². The number of nitrogens with zero attached hydrogens (tertiary/aromatic N) is 1. The largest absolute Gasteiger partial charge is 0.457 e. The molecule has 0 saturated carbocycles. The minimum Gasteiger partial charge on any atom is -0.457 e. The van der Waals surface area contributed by atoms with Gasteiger partial charge in [0.15, 0.2) is 0 Å². The maximum atomic E-state index is 5.93. The molecule has 0 aliphatic carbocycles. The lowest BCUT2D eigenvalue weighted by molar-refractivity contribution is 0.481. The number of hydrogen-bond acceptors (Lipinski definition) is 3. The second-order valence-corrected chi connectivity index (χ2v) is 6.91. The molecule has 1 aliphatic rings. The first-order chi connectivity index (χ1) is 11.0. The second kappa shape index (κ2) is 6.45. The van der Waals surface area contributed by atoms with Crippen molar-refractivity contribution in [2.75, 3.05) is 13.1 Å². The molecule has 0 amide bonds. The third-order valence-corrected chi connectivity index (χ3v) is 3.98. The molecule has 3 heteroatoms. The van der Waals surface area contributed by atoms with Gasteiger partial charge in [-0.2, -0.15) is 0 Å². The summed E-state index contributed by atoms with van der Waals surface area (Å²) in [6.45, 7) is 8.54. The number of ether oxygens (including phenoxy) is 1. The lowest BCUT2D eigenvalue weighted by atomic mass is 9.87. The summed E-state index contributed by atoms with van der Waals surface area (Å²) >= 11 is 0. The van der Waals surface area contributed by atoms with Crippen molar-refractivity contribution in [2.24, 2.45) is 4.99 Å². The molecule has 0 saturated heterocycles. The smallest absolute Gasteiger partial charge is 0.128 e. The maximum absolute atomic E-state index is 5.93. The van der Waals surface area contributed by atoms with E-state index in [0.717, 1.165) is 42.4 Å². The van der Waals surface area contributed by atoms with Gasteiger partial charge in [-0.3, -0.25) is 4.99 Å². The van der Waals surface area contributed by atoms with Crippen LogP contribution in [-0.4, -0.2) is 18.9 Å². The zero-order valence-corrected chi connectivity index (χ0v) is 14.1. The van der Waals surface area contributed by atoms with Gasteiger partial charge >= 0.3 is 0 Å². The molecule has 0 unspecified atom stereocenters. The van der Waals surface area contributed by atoms with Gasteiger partial charge in [-0.25, -0.2) is 0 Å². The van der Waals surface area contributed by atoms with Crippen molar-refractivity contribution >= 4 is 5.84 Å². The fraction of sp³-hybridized carbons (Fsp3) is 0.350. The predicted octanol–water partition coefficient (Wildman–Crippen LogP) is 4.52. The zero-order chi connectivity index (χ0) is 16.3. The molecule has 2 aromatic rings. The topological polar surface area (TPSA) is 33.6 Å². The summed E-state index contributed by atoms with van der Waals surface area (Å²) in [6.07, 6.45) is 1.11. The van der Waals surface area contributed by atoms with Crippen LogP contribution in [0.15, 0.2) is 53.5 Å². The molecule has 3 rings (SSSR count). The SMILES string of the molecule is CC(C)(C)c1ccc(Oc2ccc(C3=NCCCN3)cc2)cc1. The van der Waals surface area contributed by atoms with Crippen LogP contribution in [0, 0.1) is 0 Å². The first-order valence-corrected chi connectivity index (χ1v) is 8.19. The summed E-state index contributed by atoms with van der Waals surface area (Å²) in [7, 11) is 0. The highest BCUT2D eigenvalue weighted by Crippen LogP contribution is 2.27. The number of aliphatic imine (C=N–C) groups is 1. The van der Waals surface area contributed by atoms with Gasteiger partial charge in [0.25, 0.3) is 0 Å². The zero-order valence-electron chi connectivity index (χ0n) is 14.1. The van der Waals surface area contributed by atoms with Gasteiger partial charge in [0.05, 0.1) is 0 Å². The van der Waals surface area contributed by atoms with Crippen LogP contribution >= 0.6 is 0 Å². The van der Waals surface area contributed by atoms with Gasteiger partial charge in [-0.05, 0) is 53.8 Å². The molecule has 0 bridgehead atoms. The van der Waals surface area contributed by atoms with Crippen molar-refractivity contribution in [1.29, 1.82) is 0 Å². The first kappa shape index (κ1) is 15.6. The number of rotatable bonds is 3. The van der Waals surface area contributed by atoms with Crippen molar-refractivity contribution in [3.05, 3.63) is 59.7 Å². The third kappa shape index (κ3) is 3.92. The van der Waals surface area contributed by atoms with Crippen molar-refractivity contribution < 1.29 is 4.74 Å².